The number of carbonyl (C=O) groups is 3. The van der Waals surface area contributed by atoms with E-state index in [4.69, 9.17) is 24.8 Å². The highest BCUT2D eigenvalue weighted by molar-refractivity contribution is 5.99. The van der Waals surface area contributed by atoms with E-state index in [1.165, 1.54) is 6.42 Å². The molecule has 2 fully saturated rings. The van der Waals surface area contributed by atoms with E-state index in [0.29, 0.717) is 17.8 Å². The second-order valence-corrected chi connectivity index (χ2v) is 9.18. The Hall–Kier alpha value is -3.40. The number of halogens is 6. The van der Waals surface area contributed by atoms with Crippen LogP contribution in [0.4, 0.5) is 26.3 Å². The van der Waals surface area contributed by atoms with Crippen molar-refractivity contribution in [1.82, 2.24) is 24.1 Å². The van der Waals surface area contributed by atoms with E-state index in [-0.39, 0.29) is 5.91 Å². The number of rotatable bonds is 3. The maximum atomic E-state index is 13.2. The average molecular weight is 570 g/mol. The lowest BCUT2D eigenvalue weighted by Gasteiger charge is -2.20. The minimum atomic E-state index is -5.08. The highest BCUT2D eigenvalue weighted by atomic mass is 19.4. The van der Waals surface area contributed by atoms with Gasteiger partial charge in [0.1, 0.15) is 5.82 Å². The van der Waals surface area contributed by atoms with Crippen LogP contribution in [0.5, 0.6) is 0 Å². The fourth-order valence-corrected chi connectivity index (χ4v) is 4.19. The first-order valence-corrected chi connectivity index (χ1v) is 11.7. The zero-order valence-corrected chi connectivity index (χ0v) is 21.3. The molecule has 2 saturated heterocycles. The molecule has 2 N–H and O–H groups in total. The molecule has 0 saturated carbocycles. The molecule has 0 radical (unpaired) electrons. The second kappa shape index (κ2) is 12.6. The fraction of sp³-hybridized carbons (Fsp3) is 0.565. The van der Waals surface area contributed by atoms with Gasteiger partial charge in [-0.2, -0.15) is 26.3 Å². The van der Waals surface area contributed by atoms with Crippen molar-refractivity contribution < 1.29 is 50.9 Å². The summed E-state index contributed by atoms with van der Waals surface area (Å²) in [5, 5.41) is 14.2. The van der Waals surface area contributed by atoms with E-state index in [9.17, 15) is 31.1 Å². The number of pyridine rings is 1. The number of nitrogens with zero attached hydrogens (tertiary/aromatic N) is 5. The molecule has 4 heterocycles. The standard InChI is InChI=1S/C19H27N5O.2C2HF3O2/c1-21(2)14-9-12-23(13-14)19(25)17-15-7-4-5-11-24(15)18(20-17)16-8-6-10-22(16)3;2*3-2(4,5)1(6)7/h4-5,7,11,14,16H,6,8-10,12-13H2,1-3H3;2*(H,6,7). The van der Waals surface area contributed by atoms with E-state index in [2.05, 4.69) is 35.3 Å². The van der Waals surface area contributed by atoms with Crippen LogP contribution in [0.2, 0.25) is 0 Å². The van der Waals surface area contributed by atoms with Gasteiger partial charge in [0.25, 0.3) is 5.91 Å². The van der Waals surface area contributed by atoms with Crippen molar-refractivity contribution in [1.29, 1.82) is 0 Å². The number of hydrogen-bond acceptors (Lipinski definition) is 6. The van der Waals surface area contributed by atoms with Crippen LogP contribution in [0.1, 0.15) is 41.6 Å². The molecule has 2 aromatic heterocycles. The zero-order chi connectivity index (χ0) is 29.7. The Bertz CT molecular complexity index is 1140. The number of imidazole rings is 1. The van der Waals surface area contributed by atoms with E-state index < -0.39 is 24.3 Å². The van der Waals surface area contributed by atoms with Crippen molar-refractivity contribution in [3.63, 3.8) is 0 Å². The number of aliphatic carboxylic acids is 2. The van der Waals surface area contributed by atoms with Crippen molar-refractivity contribution in [3.05, 3.63) is 35.9 Å². The number of carboxylic acid groups (broad SMARTS) is 2. The molecule has 10 nitrogen and oxygen atoms in total. The van der Waals surface area contributed by atoms with Crippen molar-refractivity contribution in [2.75, 3.05) is 40.8 Å². The van der Waals surface area contributed by atoms with Crippen molar-refractivity contribution in [2.45, 2.75) is 43.7 Å². The molecule has 0 spiro atoms. The van der Waals surface area contributed by atoms with Gasteiger partial charge >= 0.3 is 24.3 Å². The average Bonchev–Trinajstić information content (AvgIpc) is 3.56. The summed E-state index contributed by atoms with van der Waals surface area (Å²) >= 11 is 0. The van der Waals surface area contributed by atoms with E-state index in [1.807, 2.05) is 29.3 Å². The van der Waals surface area contributed by atoms with Gasteiger partial charge in [-0.3, -0.25) is 9.69 Å². The monoisotopic (exact) mass is 569 g/mol. The minimum absolute atomic E-state index is 0.0694. The van der Waals surface area contributed by atoms with Crippen molar-refractivity contribution in [2.24, 2.45) is 0 Å². The second-order valence-electron chi connectivity index (χ2n) is 9.18. The Morgan fingerprint density at radius 2 is 1.54 bits per heavy atom. The molecule has 0 bridgehead atoms. The largest absolute Gasteiger partial charge is 0.490 e. The van der Waals surface area contributed by atoms with Gasteiger partial charge in [0.15, 0.2) is 5.69 Å². The number of amides is 1. The van der Waals surface area contributed by atoms with Gasteiger partial charge in [-0.15, -0.1) is 0 Å². The lowest BCUT2D eigenvalue weighted by atomic mass is 10.2. The first-order chi connectivity index (χ1) is 17.9. The topological polar surface area (TPSA) is 119 Å². The zero-order valence-electron chi connectivity index (χ0n) is 21.3. The first-order valence-electron chi connectivity index (χ1n) is 11.7. The molecule has 4 rings (SSSR count). The number of carbonyl (C=O) groups excluding carboxylic acids is 1. The Morgan fingerprint density at radius 1 is 0.974 bits per heavy atom. The molecular formula is C23H29F6N5O5. The molecule has 0 aliphatic carbocycles. The number of carboxylic acids is 2. The highest BCUT2D eigenvalue weighted by Crippen LogP contribution is 2.31. The van der Waals surface area contributed by atoms with Crippen molar-refractivity contribution >= 4 is 23.4 Å². The summed E-state index contributed by atoms with van der Waals surface area (Å²) < 4.78 is 65.6. The van der Waals surface area contributed by atoms with Crippen LogP contribution in [-0.4, -0.2) is 111 Å². The number of fused-ring (bicyclic) bond motifs is 1. The number of likely N-dealkylation sites (tertiary alicyclic amines) is 2. The molecular weight excluding hydrogens is 540 g/mol. The Balaban J connectivity index is 0.000000317. The van der Waals surface area contributed by atoms with Crippen LogP contribution >= 0.6 is 0 Å². The maximum absolute atomic E-state index is 13.2. The fourth-order valence-electron chi connectivity index (χ4n) is 4.19. The van der Waals surface area contributed by atoms with Gasteiger partial charge in [-0.1, -0.05) is 6.07 Å². The number of aromatic nitrogens is 2. The van der Waals surface area contributed by atoms with Crippen LogP contribution in [0.3, 0.4) is 0 Å². The number of hydrogen-bond donors (Lipinski definition) is 2. The molecule has 1 amide bonds. The van der Waals surface area contributed by atoms with Gasteiger partial charge in [0, 0.05) is 25.3 Å². The Morgan fingerprint density at radius 3 is 1.97 bits per heavy atom. The van der Waals surface area contributed by atoms with Crippen LogP contribution in [-0.2, 0) is 9.59 Å². The third kappa shape index (κ3) is 8.29. The summed E-state index contributed by atoms with van der Waals surface area (Å²) in [6.07, 6.45) is -4.82. The smallest absolute Gasteiger partial charge is 0.475 e. The lowest BCUT2D eigenvalue weighted by molar-refractivity contribution is -0.193. The lowest BCUT2D eigenvalue weighted by Crippen LogP contribution is -2.34. The van der Waals surface area contributed by atoms with Crippen LogP contribution < -0.4 is 0 Å². The third-order valence-corrected chi connectivity index (χ3v) is 6.26. The van der Waals surface area contributed by atoms with Gasteiger partial charge in [-0.25, -0.2) is 14.6 Å². The van der Waals surface area contributed by atoms with E-state index >= 15 is 0 Å². The predicted molar refractivity (Wildman–Crippen MR) is 125 cm³/mol. The summed E-state index contributed by atoms with van der Waals surface area (Å²) in [5.41, 5.74) is 1.53. The number of alkyl halides is 6. The third-order valence-electron chi connectivity index (χ3n) is 6.26. The van der Waals surface area contributed by atoms with E-state index in [0.717, 1.165) is 43.8 Å². The Kier molecular flexibility index (Phi) is 10.3. The molecule has 39 heavy (non-hydrogen) atoms. The summed E-state index contributed by atoms with van der Waals surface area (Å²) in [7, 11) is 6.31. The van der Waals surface area contributed by atoms with Crippen molar-refractivity contribution in [3.8, 4) is 0 Å². The number of likely N-dealkylation sites (N-methyl/N-ethyl adjacent to an activating group) is 1. The van der Waals surface area contributed by atoms with Crippen LogP contribution in [0.15, 0.2) is 24.4 Å². The Labute approximate surface area is 219 Å². The van der Waals surface area contributed by atoms with Crippen LogP contribution in [0.25, 0.3) is 5.52 Å². The molecule has 2 aromatic rings. The van der Waals surface area contributed by atoms with Gasteiger partial charge < -0.3 is 24.4 Å². The SMILES string of the molecule is CN(C)C1CCN(C(=O)c2nc(C3CCCN3C)n3ccccc23)C1.O=C(O)C(F)(F)F.O=C(O)C(F)(F)F. The first kappa shape index (κ1) is 31.8. The summed E-state index contributed by atoms with van der Waals surface area (Å²) in [6, 6.07) is 6.75. The summed E-state index contributed by atoms with van der Waals surface area (Å²) in [5.74, 6) is -4.44. The summed E-state index contributed by atoms with van der Waals surface area (Å²) in [6.45, 7) is 2.69. The maximum Gasteiger partial charge on any atom is 0.490 e. The highest BCUT2D eigenvalue weighted by Gasteiger charge is 2.39. The van der Waals surface area contributed by atoms with Gasteiger partial charge in [-0.05, 0) is 59.1 Å². The minimum Gasteiger partial charge on any atom is -0.475 e. The quantitative estimate of drug-likeness (QED) is 0.542. The molecule has 0 aromatic carbocycles. The van der Waals surface area contributed by atoms with Crippen LogP contribution in [0, 0.1) is 0 Å². The summed E-state index contributed by atoms with van der Waals surface area (Å²) in [4.78, 5) is 42.3. The van der Waals surface area contributed by atoms with Gasteiger partial charge in [0.05, 0.1) is 11.6 Å². The van der Waals surface area contributed by atoms with Gasteiger partial charge in [0.2, 0.25) is 0 Å². The molecule has 2 aliphatic heterocycles. The predicted octanol–water partition coefficient (Wildman–Crippen LogP) is 3.14. The molecule has 2 aliphatic rings. The molecule has 16 heteroatoms. The van der Waals surface area contributed by atoms with E-state index in [1.54, 1.807) is 0 Å². The molecule has 218 valence electrons. The normalized spacial score (nSPS) is 19.9. The molecule has 2 atom stereocenters. The molecule has 2 unspecified atom stereocenters.